The van der Waals surface area contributed by atoms with Crippen LogP contribution in [0.1, 0.15) is 17.5 Å². The van der Waals surface area contributed by atoms with Crippen LogP contribution in [-0.4, -0.2) is 23.3 Å². The molecule has 1 aliphatic heterocycles. The Bertz CT molecular complexity index is 778. The maximum Gasteiger partial charge on any atom is 0.227 e. The molecule has 1 atom stereocenters. The Labute approximate surface area is 139 Å². The number of aryl methyl sites for hydroxylation is 1. The van der Waals surface area contributed by atoms with E-state index in [0.29, 0.717) is 6.54 Å². The number of rotatable bonds is 4. The summed E-state index contributed by atoms with van der Waals surface area (Å²) in [6.45, 7) is 2.51. The van der Waals surface area contributed by atoms with Gasteiger partial charge in [0.15, 0.2) is 0 Å². The standard InChI is InChI=1S/C18H18FN3O2/c1-12-9-20-7-6-13(12)10-21-18(24)14-8-17(23)22(11-14)16-5-3-2-4-15(16)19/h2-7,9,14H,8,10-11H2,1H3,(H,21,24)/t14-/m1/s1. The van der Waals surface area contributed by atoms with E-state index in [1.54, 1.807) is 30.6 Å². The molecule has 5 nitrogen and oxygen atoms in total. The summed E-state index contributed by atoms with van der Waals surface area (Å²) < 4.78 is 13.9. The third-order valence-corrected chi connectivity index (χ3v) is 4.23. The molecule has 0 aliphatic carbocycles. The Kier molecular flexibility index (Phi) is 4.55. The van der Waals surface area contributed by atoms with Gasteiger partial charge in [-0.15, -0.1) is 0 Å². The number of hydrogen-bond acceptors (Lipinski definition) is 3. The van der Waals surface area contributed by atoms with E-state index in [9.17, 15) is 14.0 Å². The average Bonchev–Trinajstić information content (AvgIpc) is 2.96. The first-order chi connectivity index (χ1) is 11.6. The number of hydrogen-bond donors (Lipinski definition) is 1. The molecule has 2 aromatic rings. The predicted octanol–water partition coefficient (Wildman–Crippen LogP) is 2.20. The lowest BCUT2D eigenvalue weighted by Crippen LogP contribution is -2.33. The van der Waals surface area contributed by atoms with Crippen LogP contribution in [0.25, 0.3) is 0 Å². The van der Waals surface area contributed by atoms with E-state index in [4.69, 9.17) is 0 Å². The van der Waals surface area contributed by atoms with Gasteiger partial charge in [0.25, 0.3) is 0 Å². The molecule has 1 aromatic carbocycles. The fourth-order valence-corrected chi connectivity index (χ4v) is 2.81. The van der Waals surface area contributed by atoms with Gasteiger partial charge in [0.05, 0.1) is 11.6 Å². The van der Waals surface area contributed by atoms with Gasteiger partial charge >= 0.3 is 0 Å². The van der Waals surface area contributed by atoms with Crippen LogP contribution >= 0.6 is 0 Å². The van der Waals surface area contributed by atoms with E-state index in [1.807, 2.05) is 13.0 Å². The highest BCUT2D eigenvalue weighted by atomic mass is 19.1. The van der Waals surface area contributed by atoms with E-state index in [-0.39, 0.29) is 30.5 Å². The van der Waals surface area contributed by atoms with Gasteiger partial charge in [0, 0.05) is 31.9 Å². The van der Waals surface area contributed by atoms with Crippen molar-refractivity contribution in [1.82, 2.24) is 10.3 Å². The third-order valence-electron chi connectivity index (χ3n) is 4.23. The smallest absolute Gasteiger partial charge is 0.227 e. The Morgan fingerprint density at radius 3 is 2.92 bits per heavy atom. The highest BCUT2D eigenvalue weighted by Gasteiger charge is 2.35. The molecule has 2 amide bonds. The number of nitrogens with one attached hydrogen (secondary N) is 1. The molecular formula is C18H18FN3O2. The number of para-hydroxylation sites is 1. The molecule has 0 radical (unpaired) electrons. The molecule has 6 heteroatoms. The van der Waals surface area contributed by atoms with Gasteiger partial charge in [-0.3, -0.25) is 14.6 Å². The second kappa shape index (κ2) is 6.78. The summed E-state index contributed by atoms with van der Waals surface area (Å²) in [6.07, 6.45) is 3.50. The highest BCUT2D eigenvalue weighted by molar-refractivity contribution is 6.00. The SMILES string of the molecule is Cc1cnccc1CNC(=O)[C@@H]1CC(=O)N(c2ccccc2F)C1. The van der Waals surface area contributed by atoms with Crippen molar-refractivity contribution >= 4 is 17.5 Å². The number of aromatic nitrogens is 1. The van der Waals surface area contributed by atoms with Gasteiger partial charge in [0.2, 0.25) is 11.8 Å². The van der Waals surface area contributed by atoms with Crippen LogP contribution in [0, 0.1) is 18.7 Å². The number of pyridine rings is 1. The van der Waals surface area contributed by atoms with E-state index >= 15 is 0 Å². The number of amides is 2. The fraction of sp³-hybridized carbons (Fsp3) is 0.278. The molecule has 1 fully saturated rings. The summed E-state index contributed by atoms with van der Waals surface area (Å²) in [6, 6.07) is 7.95. The number of benzene rings is 1. The normalized spacial score (nSPS) is 17.2. The minimum Gasteiger partial charge on any atom is -0.352 e. The third kappa shape index (κ3) is 3.27. The maximum atomic E-state index is 13.9. The van der Waals surface area contributed by atoms with Crippen LogP contribution in [0.15, 0.2) is 42.7 Å². The largest absolute Gasteiger partial charge is 0.352 e. The van der Waals surface area contributed by atoms with Crippen LogP contribution in [0.3, 0.4) is 0 Å². The van der Waals surface area contributed by atoms with Crippen molar-refractivity contribution < 1.29 is 14.0 Å². The number of halogens is 1. The molecule has 0 spiro atoms. The number of nitrogens with zero attached hydrogens (tertiary/aromatic N) is 2. The van der Waals surface area contributed by atoms with Crippen LogP contribution < -0.4 is 10.2 Å². The van der Waals surface area contributed by atoms with Gasteiger partial charge in [-0.05, 0) is 36.2 Å². The number of anilines is 1. The van der Waals surface area contributed by atoms with Crippen molar-refractivity contribution in [3.05, 3.63) is 59.7 Å². The van der Waals surface area contributed by atoms with Crippen LogP contribution in [0.2, 0.25) is 0 Å². The second-order valence-electron chi connectivity index (χ2n) is 5.88. The molecule has 1 aliphatic rings. The highest BCUT2D eigenvalue weighted by Crippen LogP contribution is 2.27. The Morgan fingerprint density at radius 1 is 1.38 bits per heavy atom. The van der Waals surface area contributed by atoms with Crippen LogP contribution in [-0.2, 0) is 16.1 Å². The molecule has 1 saturated heterocycles. The fourth-order valence-electron chi connectivity index (χ4n) is 2.81. The Balaban J connectivity index is 1.64. The van der Waals surface area contributed by atoms with E-state index in [2.05, 4.69) is 10.3 Å². The molecule has 124 valence electrons. The maximum absolute atomic E-state index is 13.9. The molecule has 0 unspecified atom stereocenters. The summed E-state index contributed by atoms with van der Waals surface area (Å²) in [4.78, 5) is 29.8. The quantitative estimate of drug-likeness (QED) is 0.936. The topological polar surface area (TPSA) is 62.3 Å². The molecule has 1 aromatic heterocycles. The number of carbonyl (C=O) groups excluding carboxylic acids is 2. The van der Waals surface area contributed by atoms with E-state index in [0.717, 1.165) is 11.1 Å². The van der Waals surface area contributed by atoms with Crippen molar-refractivity contribution in [1.29, 1.82) is 0 Å². The van der Waals surface area contributed by atoms with E-state index in [1.165, 1.54) is 11.0 Å². The zero-order chi connectivity index (χ0) is 17.1. The van der Waals surface area contributed by atoms with Crippen molar-refractivity contribution in [2.75, 3.05) is 11.4 Å². The Hall–Kier alpha value is -2.76. The minimum absolute atomic E-state index is 0.0928. The summed E-state index contributed by atoms with van der Waals surface area (Å²) in [5.41, 5.74) is 2.20. The Morgan fingerprint density at radius 2 is 2.17 bits per heavy atom. The predicted molar refractivity (Wildman–Crippen MR) is 87.7 cm³/mol. The first-order valence-corrected chi connectivity index (χ1v) is 7.78. The first-order valence-electron chi connectivity index (χ1n) is 7.78. The van der Waals surface area contributed by atoms with Gasteiger partial charge < -0.3 is 10.2 Å². The van der Waals surface area contributed by atoms with Crippen LogP contribution in [0.5, 0.6) is 0 Å². The lowest BCUT2D eigenvalue weighted by molar-refractivity contribution is -0.126. The van der Waals surface area contributed by atoms with Gasteiger partial charge in [-0.1, -0.05) is 12.1 Å². The lowest BCUT2D eigenvalue weighted by atomic mass is 10.1. The molecule has 24 heavy (non-hydrogen) atoms. The summed E-state index contributed by atoms with van der Waals surface area (Å²) in [7, 11) is 0. The molecule has 1 N–H and O–H groups in total. The van der Waals surface area contributed by atoms with Gasteiger partial charge in [0.1, 0.15) is 5.82 Å². The summed E-state index contributed by atoms with van der Waals surface area (Å²) in [5, 5.41) is 2.85. The lowest BCUT2D eigenvalue weighted by Gasteiger charge is -2.17. The van der Waals surface area contributed by atoms with Crippen molar-refractivity contribution in [3.8, 4) is 0 Å². The monoisotopic (exact) mass is 327 g/mol. The number of carbonyl (C=O) groups is 2. The molecular weight excluding hydrogens is 309 g/mol. The second-order valence-corrected chi connectivity index (χ2v) is 5.88. The van der Waals surface area contributed by atoms with Gasteiger partial charge in [-0.2, -0.15) is 0 Å². The zero-order valence-corrected chi connectivity index (χ0v) is 13.3. The van der Waals surface area contributed by atoms with Crippen molar-refractivity contribution in [2.45, 2.75) is 19.9 Å². The molecule has 0 saturated carbocycles. The van der Waals surface area contributed by atoms with Gasteiger partial charge in [-0.25, -0.2) is 4.39 Å². The van der Waals surface area contributed by atoms with Crippen molar-refractivity contribution in [2.24, 2.45) is 5.92 Å². The molecule has 0 bridgehead atoms. The minimum atomic E-state index is -0.473. The molecule has 2 heterocycles. The first kappa shape index (κ1) is 16.1. The molecule has 3 rings (SSSR count). The van der Waals surface area contributed by atoms with Crippen molar-refractivity contribution in [3.63, 3.8) is 0 Å². The van der Waals surface area contributed by atoms with E-state index < -0.39 is 11.7 Å². The summed E-state index contributed by atoms with van der Waals surface area (Å²) in [5.74, 6) is -1.36. The summed E-state index contributed by atoms with van der Waals surface area (Å²) >= 11 is 0. The average molecular weight is 327 g/mol. The zero-order valence-electron chi connectivity index (χ0n) is 13.3. The van der Waals surface area contributed by atoms with Crippen LogP contribution in [0.4, 0.5) is 10.1 Å².